The molecule has 8 heteroatoms. The van der Waals surface area contributed by atoms with Gasteiger partial charge in [0.1, 0.15) is 6.33 Å². The number of aromatic nitrogens is 4. The van der Waals surface area contributed by atoms with E-state index in [-0.39, 0.29) is 17.2 Å². The number of aliphatic hydroxyl groups is 1. The first-order chi connectivity index (χ1) is 13.1. The summed E-state index contributed by atoms with van der Waals surface area (Å²) in [6.45, 7) is 3.84. The molecule has 0 radical (unpaired) electrons. The Labute approximate surface area is 161 Å². The van der Waals surface area contributed by atoms with Crippen LogP contribution in [0.3, 0.4) is 0 Å². The number of tetrazole rings is 1. The maximum absolute atomic E-state index is 10.3. The number of nitrogens with zero attached hydrogens (tertiary/aromatic N) is 7. The molecule has 0 aromatic carbocycles. The van der Waals surface area contributed by atoms with Crippen molar-refractivity contribution in [1.29, 1.82) is 0 Å². The van der Waals surface area contributed by atoms with Crippen LogP contribution < -0.4 is 0 Å². The van der Waals surface area contributed by atoms with Crippen LogP contribution in [0.1, 0.15) is 77.0 Å². The van der Waals surface area contributed by atoms with Crippen molar-refractivity contribution in [3.05, 3.63) is 19.1 Å². The van der Waals surface area contributed by atoms with E-state index in [1.54, 1.807) is 19.6 Å². The van der Waals surface area contributed by atoms with E-state index in [1.165, 1.54) is 12.8 Å². The van der Waals surface area contributed by atoms with E-state index < -0.39 is 0 Å². The van der Waals surface area contributed by atoms with Crippen molar-refractivity contribution in [2.45, 2.75) is 94.2 Å². The van der Waals surface area contributed by atoms with Gasteiger partial charge in [-0.25, -0.2) is 9.69 Å². The van der Waals surface area contributed by atoms with E-state index in [4.69, 9.17) is 0 Å². The Morgan fingerprint density at radius 3 is 2.41 bits per heavy atom. The van der Waals surface area contributed by atoms with Crippen molar-refractivity contribution in [3.63, 3.8) is 0 Å². The number of unbranched alkanes of at least 4 members (excludes halogenated alkanes) is 2. The Balaban J connectivity index is 1.25. The lowest BCUT2D eigenvalue weighted by atomic mass is 10.00. The number of hydrogen-bond acceptors (Lipinski definition) is 6. The van der Waals surface area contributed by atoms with Gasteiger partial charge in [0, 0.05) is 6.20 Å². The third-order valence-electron chi connectivity index (χ3n) is 6.19. The lowest BCUT2D eigenvalue weighted by molar-refractivity contribution is 0.143. The van der Waals surface area contributed by atoms with E-state index in [0.29, 0.717) is 0 Å². The normalized spacial score (nSPS) is 20.5. The second-order valence-electron chi connectivity index (χ2n) is 8.17. The van der Waals surface area contributed by atoms with Gasteiger partial charge in [-0.3, -0.25) is 0 Å². The average Bonchev–Trinajstić information content (AvgIpc) is 3.58. The molecule has 0 amide bonds. The van der Waals surface area contributed by atoms with Gasteiger partial charge in [0.25, 0.3) is 0 Å². The first kappa shape index (κ1) is 19.9. The van der Waals surface area contributed by atoms with Gasteiger partial charge in [-0.15, -0.1) is 5.10 Å². The van der Waals surface area contributed by atoms with Crippen LogP contribution in [0.25, 0.3) is 0 Å². The van der Waals surface area contributed by atoms with Gasteiger partial charge in [0.2, 0.25) is 0 Å². The Morgan fingerprint density at radius 1 is 1.19 bits per heavy atom. The Bertz CT molecular complexity index is 608. The largest absolute Gasteiger partial charge is 0.393 e. The van der Waals surface area contributed by atoms with Crippen molar-refractivity contribution < 1.29 is 5.11 Å². The summed E-state index contributed by atoms with van der Waals surface area (Å²) in [7, 11) is 1.69. The SMILES string of the molecule is C=CN(N=NC)C1(CCCCC(O)CCCCC2(n3cnnn3)CC2)CC1. The van der Waals surface area contributed by atoms with Crippen molar-refractivity contribution in [2.75, 3.05) is 7.05 Å². The van der Waals surface area contributed by atoms with Crippen molar-refractivity contribution >= 4 is 0 Å². The zero-order chi connectivity index (χ0) is 19.2. The summed E-state index contributed by atoms with van der Waals surface area (Å²) < 4.78 is 1.92. The third kappa shape index (κ3) is 5.12. The van der Waals surface area contributed by atoms with Gasteiger partial charge in [-0.2, -0.15) is 5.11 Å². The van der Waals surface area contributed by atoms with Gasteiger partial charge < -0.3 is 5.11 Å². The van der Waals surface area contributed by atoms with Crippen LogP contribution in [-0.4, -0.2) is 49.0 Å². The molecular weight excluding hydrogens is 342 g/mol. The molecule has 1 aromatic heterocycles. The second-order valence-corrected chi connectivity index (χ2v) is 8.17. The first-order valence-corrected chi connectivity index (χ1v) is 10.3. The number of hydrogen-bond donors (Lipinski definition) is 1. The molecule has 2 aliphatic carbocycles. The topological polar surface area (TPSA) is 91.8 Å². The Hall–Kier alpha value is -1.83. The summed E-state index contributed by atoms with van der Waals surface area (Å²) in [5, 5.41) is 31.8. The zero-order valence-corrected chi connectivity index (χ0v) is 16.5. The molecule has 1 heterocycles. The quantitative estimate of drug-likeness (QED) is 0.305. The molecule has 1 N–H and O–H groups in total. The molecule has 1 atom stereocenters. The van der Waals surface area contributed by atoms with E-state index in [2.05, 4.69) is 32.4 Å². The molecule has 3 rings (SSSR count). The van der Waals surface area contributed by atoms with E-state index in [0.717, 1.165) is 64.2 Å². The molecule has 27 heavy (non-hydrogen) atoms. The second kappa shape index (κ2) is 8.91. The molecule has 1 aromatic rings. The van der Waals surface area contributed by atoms with Crippen LogP contribution in [-0.2, 0) is 5.54 Å². The predicted molar refractivity (Wildman–Crippen MR) is 103 cm³/mol. The lowest BCUT2D eigenvalue weighted by Crippen LogP contribution is -2.27. The van der Waals surface area contributed by atoms with Gasteiger partial charge in [-0.1, -0.05) is 37.5 Å². The van der Waals surface area contributed by atoms with Crippen LogP contribution in [0.4, 0.5) is 0 Å². The average molecular weight is 376 g/mol. The molecule has 0 aliphatic heterocycles. The minimum absolute atomic E-state index is 0.140. The first-order valence-electron chi connectivity index (χ1n) is 10.3. The highest BCUT2D eigenvalue weighted by Crippen LogP contribution is 2.47. The van der Waals surface area contributed by atoms with Gasteiger partial charge in [0.15, 0.2) is 0 Å². The standard InChI is InChI=1S/C19H33N7O/c1-3-25(23-20-2)18(12-13-18)10-6-4-8-17(27)9-5-7-11-19(14-15-19)26-16-21-22-24-26/h3,16-17,27H,1,4-15H2,2H3. The summed E-state index contributed by atoms with van der Waals surface area (Å²) in [6.07, 6.45) is 16.3. The summed E-state index contributed by atoms with van der Waals surface area (Å²) >= 11 is 0. The third-order valence-corrected chi connectivity index (χ3v) is 6.19. The predicted octanol–water partition coefficient (Wildman–Crippen LogP) is 3.62. The molecule has 2 aliphatic rings. The molecule has 2 saturated carbocycles. The van der Waals surface area contributed by atoms with Crippen LogP contribution in [0, 0.1) is 0 Å². The smallest absolute Gasteiger partial charge is 0.138 e. The summed E-state index contributed by atoms with van der Waals surface area (Å²) in [4.78, 5) is 0. The molecular formula is C19H33N7O. The molecule has 0 spiro atoms. The highest BCUT2D eigenvalue weighted by atomic mass is 16.3. The Kier molecular flexibility index (Phi) is 6.57. The minimum Gasteiger partial charge on any atom is -0.393 e. The summed E-state index contributed by atoms with van der Waals surface area (Å²) in [6, 6.07) is 0. The van der Waals surface area contributed by atoms with Gasteiger partial charge in [0.05, 0.1) is 24.2 Å². The van der Waals surface area contributed by atoms with Crippen LogP contribution >= 0.6 is 0 Å². The monoisotopic (exact) mass is 375 g/mol. The number of rotatable bonds is 14. The molecule has 0 bridgehead atoms. The fourth-order valence-corrected chi connectivity index (χ4v) is 4.09. The van der Waals surface area contributed by atoms with E-state index >= 15 is 0 Å². The molecule has 8 nitrogen and oxygen atoms in total. The van der Waals surface area contributed by atoms with Crippen LogP contribution in [0.5, 0.6) is 0 Å². The van der Waals surface area contributed by atoms with Crippen molar-refractivity contribution in [3.8, 4) is 0 Å². The fourth-order valence-electron chi connectivity index (χ4n) is 4.09. The maximum atomic E-state index is 10.3. The van der Waals surface area contributed by atoms with Crippen LogP contribution in [0.2, 0.25) is 0 Å². The molecule has 150 valence electrons. The molecule has 0 saturated heterocycles. The lowest BCUT2D eigenvalue weighted by Gasteiger charge is -2.24. The van der Waals surface area contributed by atoms with Gasteiger partial charge in [-0.05, 0) is 61.8 Å². The van der Waals surface area contributed by atoms with E-state index in [1.807, 2.05) is 9.69 Å². The Morgan fingerprint density at radius 2 is 1.89 bits per heavy atom. The van der Waals surface area contributed by atoms with E-state index in [9.17, 15) is 5.11 Å². The van der Waals surface area contributed by atoms with Gasteiger partial charge >= 0.3 is 0 Å². The summed E-state index contributed by atoms with van der Waals surface area (Å²) in [5.41, 5.74) is 0.306. The number of aliphatic hydroxyl groups excluding tert-OH is 1. The molecule has 2 fully saturated rings. The minimum atomic E-state index is -0.186. The van der Waals surface area contributed by atoms with Crippen LogP contribution in [0.15, 0.2) is 29.4 Å². The highest BCUT2D eigenvalue weighted by Gasteiger charge is 2.47. The fraction of sp³-hybridized carbons (Fsp3) is 0.842. The van der Waals surface area contributed by atoms with Crippen molar-refractivity contribution in [2.24, 2.45) is 10.3 Å². The zero-order valence-electron chi connectivity index (χ0n) is 16.5. The maximum Gasteiger partial charge on any atom is 0.138 e. The molecule has 1 unspecified atom stereocenters. The summed E-state index contributed by atoms with van der Waals surface area (Å²) in [5.74, 6) is 0. The highest BCUT2D eigenvalue weighted by molar-refractivity contribution is 5.04. The van der Waals surface area contributed by atoms with Crippen molar-refractivity contribution in [1.82, 2.24) is 25.2 Å².